The van der Waals surface area contributed by atoms with Crippen LogP contribution in [0.5, 0.6) is 0 Å². The predicted molar refractivity (Wildman–Crippen MR) is 56.7 cm³/mol. The summed E-state index contributed by atoms with van der Waals surface area (Å²) in [5.41, 5.74) is 0.767. The first kappa shape index (κ1) is 11.7. The van der Waals surface area contributed by atoms with Gasteiger partial charge in [0.1, 0.15) is 6.29 Å². The van der Waals surface area contributed by atoms with Crippen LogP contribution in [-0.2, 0) is 4.79 Å². The third-order valence-corrected chi connectivity index (χ3v) is 2.34. The Morgan fingerprint density at radius 1 is 1.40 bits per heavy atom. The van der Waals surface area contributed by atoms with Crippen LogP contribution in [0.15, 0.2) is 24.3 Å². The van der Waals surface area contributed by atoms with Gasteiger partial charge in [-0.05, 0) is 17.7 Å². The number of hydrogen-bond donors (Lipinski definition) is 0. The summed E-state index contributed by atoms with van der Waals surface area (Å²) in [7, 11) is 0. The first-order valence-electron chi connectivity index (χ1n) is 4.44. The van der Waals surface area contributed by atoms with Crippen molar-refractivity contribution < 1.29 is 9.72 Å². The average molecular weight is 228 g/mol. The summed E-state index contributed by atoms with van der Waals surface area (Å²) in [6, 6.07) is 6.74. The monoisotopic (exact) mass is 227 g/mol. The minimum atomic E-state index is -0.414. The smallest absolute Gasteiger partial charge is 0.211 e. The highest BCUT2D eigenvalue weighted by atomic mass is 35.5. The van der Waals surface area contributed by atoms with E-state index in [1.807, 2.05) is 0 Å². The number of nitrogens with zero attached hydrogens (tertiary/aromatic N) is 1. The summed E-state index contributed by atoms with van der Waals surface area (Å²) >= 11 is 5.70. The lowest BCUT2D eigenvalue weighted by Crippen LogP contribution is -2.13. The topological polar surface area (TPSA) is 60.2 Å². The van der Waals surface area contributed by atoms with Crippen molar-refractivity contribution >= 4 is 17.9 Å². The van der Waals surface area contributed by atoms with Gasteiger partial charge in [0.05, 0.1) is 5.92 Å². The van der Waals surface area contributed by atoms with E-state index in [0.29, 0.717) is 11.3 Å². The standard InChI is InChI=1S/C10H10ClNO3/c11-10-3-1-8(2-4-10)9(5-6-13)7-12(14)15/h1-4,6,9H,5,7H2/t9-/m1/s1. The van der Waals surface area contributed by atoms with Gasteiger partial charge in [0.15, 0.2) is 0 Å². The highest BCUT2D eigenvalue weighted by Crippen LogP contribution is 2.20. The van der Waals surface area contributed by atoms with E-state index >= 15 is 0 Å². The molecule has 80 valence electrons. The highest BCUT2D eigenvalue weighted by Gasteiger charge is 2.16. The summed E-state index contributed by atoms with van der Waals surface area (Å²) in [6.07, 6.45) is 0.853. The quantitative estimate of drug-likeness (QED) is 0.441. The molecule has 0 spiro atoms. The molecule has 0 saturated heterocycles. The summed E-state index contributed by atoms with van der Waals surface area (Å²) in [5.74, 6) is -0.366. The molecule has 15 heavy (non-hydrogen) atoms. The van der Waals surface area contributed by atoms with E-state index in [2.05, 4.69) is 0 Å². The Bertz CT molecular complexity index is 350. The summed E-state index contributed by atoms with van der Waals surface area (Å²) < 4.78 is 0. The fourth-order valence-electron chi connectivity index (χ4n) is 1.35. The number of carbonyl (C=O) groups excluding carboxylic acids is 1. The van der Waals surface area contributed by atoms with Crippen LogP contribution in [-0.4, -0.2) is 17.8 Å². The van der Waals surface area contributed by atoms with Crippen molar-refractivity contribution in [2.75, 3.05) is 6.54 Å². The van der Waals surface area contributed by atoms with Crippen molar-refractivity contribution in [3.8, 4) is 0 Å². The number of hydrogen-bond acceptors (Lipinski definition) is 3. The zero-order chi connectivity index (χ0) is 11.3. The number of nitro groups is 1. The maximum absolute atomic E-state index is 10.4. The fourth-order valence-corrected chi connectivity index (χ4v) is 1.47. The van der Waals surface area contributed by atoms with Gasteiger partial charge < -0.3 is 4.79 Å². The third kappa shape index (κ3) is 3.67. The molecule has 1 aromatic carbocycles. The Labute approximate surface area is 92.0 Å². The Hall–Kier alpha value is -1.42. The van der Waals surface area contributed by atoms with Crippen LogP contribution in [0.25, 0.3) is 0 Å². The van der Waals surface area contributed by atoms with Gasteiger partial charge in [-0.2, -0.15) is 0 Å². The first-order chi connectivity index (χ1) is 7.13. The van der Waals surface area contributed by atoms with Crippen LogP contribution in [0.3, 0.4) is 0 Å². The van der Waals surface area contributed by atoms with Crippen molar-refractivity contribution in [1.29, 1.82) is 0 Å². The average Bonchev–Trinajstić information content (AvgIpc) is 2.17. The summed E-state index contributed by atoms with van der Waals surface area (Å²) in [6.45, 7) is -0.236. The molecule has 0 aliphatic heterocycles. The van der Waals surface area contributed by atoms with Crippen LogP contribution in [0.2, 0.25) is 5.02 Å². The molecule has 0 heterocycles. The maximum atomic E-state index is 10.4. The first-order valence-corrected chi connectivity index (χ1v) is 4.82. The van der Waals surface area contributed by atoms with Gasteiger partial charge in [0, 0.05) is 16.4 Å². The predicted octanol–water partition coefficient (Wildman–Crippen LogP) is 2.29. The Kier molecular flexibility index (Phi) is 4.24. The zero-order valence-electron chi connectivity index (χ0n) is 7.93. The SMILES string of the molecule is O=CC[C@H](C[N+](=O)[O-])c1ccc(Cl)cc1. The van der Waals surface area contributed by atoms with Crippen molar-refractivity contribution in [3.05, 3.63) is 45.0 Å². The number of benzene rings is 1. The second kappa shape index (κ2) is 5.46. The minimum Gasteiger partial charge on any atom is -0.303 e. The number of carbonyl (C=O) groups is 1. The second-order valence-corrected chi connectivity index (χ2v) is 3.60. The van der Waals surface area contributed by atoms with E-state index in [1.165, 1.54) is 0 Å². The largest absolute Gasteiger partial charge is 0.303 e. The molecule has 5 heteroatoms. The molecule has 0 aliphatic carbocycles. The van der Waals surface area contributed by atoms with Crippen LogP contribution in [0.1, 0.15) is 17.9 Å². The van der Waals surface area contributed by atoms with Gasteiger partial charge in [0.2, 0.25) is 6.54 Å². The lowest BCUT2D eigenvalue weighted by molar-refractivity contribution is -0.483. The molecular formula is C10H10ClNO3. The molecule has 0 unspecified atom stereocenters. The second-order valence-electron chi connectivity index (χ2n) is 3.17. The third-order valence-electron chi connectivity index (χ3n) is 2.09. The van der Waals surface area contributed by atoms with E-state index in [0.717, 1.165) is 5.56 Å². The molecule has 0 saturated carbocycles. The van der Waals surface area contributed by atoms with Crippen molar-refractivity contribution in [1.82, 2.24) is 0 Å². The number of aldehydes is 1. The number of halogens is 1. The van der Waals surface area contributed by atoms with Gasteiger partial charge in [-0.25, -0.2) is 0 Å². The molecule has 0 aliphatic rings. The maximum Gasteiger partial charge on any atom is 0.211 e. The molecule has 1 atom stereocenters. The van der Waals surface area contributed by atoms with Gasteiger partial charge in [-0.1, -0.05) is 23.7 Å². The van der Waals surface area contributed by atoms with Gasteiger partial charge in [0.25, 0.3) is 0 Å². The van der Waals surface area contributed by atoms with Crippen LogP contribution < -0.4 is 0 Å². The number of rotatable bonds is 5. The molecule has 0 aromatic heterocycles. The molecule has 1 rings (SSSR count). The Balaban J connectivity index is 2.83. The van der Waals surface area contributed by atoms with Gasteiger partial charge in [-0.3, -0.25) is 10.1 Å². The summed E-state index contributed by atoms with van der Waals surface area (Å²) in [4.78, 5) is 20.4. The lowest BCUT2D eigenvalue weighted by atomic mass is 9.96. The lowest BCUT2D eigenvalue weighted by Gasteiger charge is -2.09. The molecule has 1 aromatic rings. The van der Waals surface area contributed by atoms with Crippen molar-refractivity contribution in [3.63, 3.8) is 0 Å². The Morgan fingerprint density at radius 3 is 2.47 bits per heavy atom. The minimum absolute atomic E-state index is 0.155. The van der Waals surface area contributed by atoms with Crippen molar-refractivity contribution in [2.45, 2.75) is 12.3 Å². The van der Waals surface area contributed by atoms with Crippen LogP contribution >= 0.6 is 11.6 Å². The Morgan fingerprint density at radius 2 is 2.00 bits per heavy atom. The molecule has 0 bridgehead atoms. The normalized spacial score (nSPS) is 12.1. The molecule has 0 N–H and O–H groups in total. The van der Waals surface area contributed by atoms with Gasteiger partial charge in [-0.15, -0.1) is 0 Å². The van der Waals surface area contributed by atoms with E-state index in [1.54, 1.807) is 24.3 Å². The summed E-state index contributed by atoms with van der Waals surface area (Å²) in [5, 5.41) is 11.0. The van der Waals surface area contributed by atoms with Gasteiger partial charge >= 0.3 is 0 Å². The van der Waals surface area contributed by atoms with E-state index in [9.17, 15) is 14.9 Å². The van der Waals surface area contributed by atoms with E-state index < -0.39 is 4.92 Å². The molecular weight excluding hydrogens is 218 g/mol. The van der Waals surface area contributed by atoms with E-state index in [-0.39, 0.29) is 18.9 Å². The zero-order valence-corrected chi connectivity index (χ0v) is 8.68. The van der Waals surface area contributed by atoms with Crippen molar-refractivity contribution in [2.24, 2.45) is 0 Å². The molecule has 0 radical (unpaired) electrons. The fraction of sp³-hybridized carbons (Fsp3) is 0.300. The van der Waals surface area contributed by atoms with E-state index in [4.69, 9.17) is 11.6 Å². The molecule has 0 amide bonds. The van der Waals surface area contributed by atoms with Crippen LogP contribution in [0, 0.1) is 10.1 Å². The molecule has 4 nitrogen and oxygen atoms in total. The van der Waals surface area contributed by atoms with Crippen LogP contribution in [0.4, 0.5) is 0 Å². The highest BCUT2D eigenvalue weighted by molar-refractivity contribution is 6.30. The molecule has 0 fully saturated rings.